The zero-order valence-corrected chi connectivity index (χ0v) is 12.4. The molecular formula is C17H24N2O. The van der Waals surface area contributed by atoms with E-state index in [1.165, 1.54) is 5.39 Å². The van der Waals surface area contributed by atoms with Crippen LogP contribution in [-0.2, 0) is 11.2 Å². The van der Waals surface area contributed by atoms with Gasteiger partial charge in [-0.25, -0.2) is 0 Å². The van der Waals surface area contributed by atoms with Crippen LogP contribution in [0, 0.1) is 0 Å². The molecule has 2 unspecified atom stereocenters. The molecule has 0 aliphatic rings. The van der Waals surface area contributed by atoms with Gasteiger partial charge in [-0.05, 0) is 25.5 Å². The van der Waals surface area contributed by atoms with Crippen LogP contribution in [0.15, 0.2) is 36.4 Å². The van der Waals surface area contributed by atoms with Gasteiger partial charge in [0.15, 0.2) is 0 Å². The molecule has 2 rings (SSSR count). The molecule has 0 spiro atoms. The zero-order valence-electron chi connectivity index (χ0n) is 12.4. The molecule has 0 saturated heterocycles. The molecule has 1 aromatic heterocycles. The summed E-state index contributed by atoms with van der Waals surface area (Å²) in [6, 6.07) is 12.3. The average Bonchev–Trinajstić information content (AvgIpc) is 2.47. The number of hydrogen-bond acceptors (Lipinski definition) is 3. The number of aromatic nitrogens is 1. The van der Waals surface area contributed by atoms with Gasteiger partial charge in [-0.2, -0.15) is 0 Å². The van der Waals surface area contributed by atoms with Gasteiger partial charge in [0.05, 0.1) is 11.6 Å². The number of hydrogen-bond donors (Lipinski definition) is 1. The number of pyridine rings is 1. The first-order valence-corrected chi connectivity index (χ1v) is 7.46. The molecule has 0 saturated carbocycles. The van der Waals surface area contributed by atoms with E-state index in [4.69, 9.17) is 10.5 Å². The van der Waals surface area contributed by atoms with Gasteiger partial charge >= 0.3 is 0 Å². The fourth-order valence-electron chi connectivity index (χ4n) is 2.51. The molecule has 2 aromatic rings. The van der Waals surface area contributed by atoms with Crippen LogP contribution in [0.25, 0.3) is 10.9 Å². The molecule has 0 radical (unpaired) electrons. The van der Waals surface area contributed by atoms with Gasteiger partial charge in [-0.3, -0.25) is 4.98 Å². The number of nitrogens with two attached hydrogens (primary N) is 1. The second-order valence-electron chi connectivity index (χ2n) is 5.15. The first-order valence-electron chi connectivity index (χ1n) is 7.46. The average molecular weight is 272 g/mol. The zero-order chi connectivity index (χ0) is 14.4. The van der Waals surface area contributed by atoms with Crippen molar-refractivity contribution in [2.75, 3.05) is 6.61 Å². The molecule has 1 aromatic carbocycles. The fraction of sp³-hybridized carbons (Fsp3) is 0.471. The minimum atomic E-state index is 0.00330. The Kier molecular flexibility index (Phi) is 5.50. The molecule has 3 heteroatoms. The monoisotopic (exact) mass is 272 g/mol. The highest BCUT2D eigenvalue weighted by atomic mass is 16.5. The summed E-state index contributed by atoms with van der Waals surface area (Å²) in [5.74, 6) is 0. The van der Waals surface area contributed by atoms with E-state index in [1.807, 2.05) is 25.1 Å². The SMILES string of the molecule is CCCC(OCC)C(N)Cc1ccc2ccccc2n1. The smallest absolute Gasteiger partial charge is 0.0729 e. The van der Waals surface area contributed by atoms with Crippen molar-refractivity contribution in [2.24, 2.45) is 5.73 Å². The minimum Gasteiger partial charge on any atom is -0.377 e. The molecule has 0 aliphatic carbocycles. The minimum absolute atomic E-state index is 0.00330. The number of para-hydroxylation sites is 1. The summed E-state index contributed by atoms with van der Waals surface area (Å²) in [6.45, 7) is 4.89. The lowest BCUT2D eigenvalue weighted by Gasteiger charge is -2.23. The summed E-state index contributed by atoms with van der Waals surface area (Å²) in [4.78, 5) is 4.68. The lowest BCUT2D eigenvalue weighted by atomic mass is 10.0. The second-order valence-corrected chi connectivity index (χ2v) is 5.15. The number of nitrogens with zero attached hydrogens (tertiary/aromatic N) is 1. The Hall–Kier alpha value is -1.45. The summed E-state index contributed by atoms with van der Waals surface area (Å²) in [5, 5.41) is 1.17. The lowest BCUT2D eigenvalue weighted by molar-refractivity contribution is 0.0376. The predicted octanol–water partition coefficient (Wildman–Crippen LogP) is 3.31. The Bertz CT molecular complexity index is 535. The molecule has 3 nitrogen and oxygen atoms in total. The van der Waals surface area contributed by atoms with E-state index in [1.54, 1.807) is 0 Å². The highest BCUT2D eigenvalue weighted by molar-refractivity contribution is 5.78. The Balaban J connectivity index is 2.09. The quantitative estimate of drug-likeness (QED) is 0.841. The predicted molar refractivity (Wildman–Crippen MR) is 83.7 cm³/mol. The van der Waals surface area contributed by atoms with Gasteiger partial charge < -0.3 is 10.5 Å². The third-order valence-corrected chi connectivity index (χ3v) is 3.53. The van der Waals surface area contributed by atoms with Gasteiger partial charge in [0.1, 0.15) is 0 Å². The maximum atomic E-state index is 6.30. The second kappa shape index (κ2) is 7.36. The molecule has 0 amide bonds. The van der Waals surface area contributed by atoms with Crippen molar-refractivity contribution in [1.29, 1.82) is 0 Å². The normalized spacial score (nSPS) is 14.3. The van der Waals surface area contributed by atoms with E-state index in [9.17, 15) is 0 Å². The number of rotatable bonds is 7. The molecule has 0 aliphatic heterocycles. The van der Waals surface area contributed by atoms with Crippen LogP contribution in [0.1, 0.15) is 32.4 Å². The third kappa shape index (κ3) is 3.78. The molecule has 2 atom stereocenters. The van der Waals surface area contributed by atoms with Gasteiger partial charge in [0.2, 0.25) is 0 Å². The topological polar surface area (TPSA) is 48.1 Å². The van der Waals surface area contributed by atoms with Crippen molar-refractivity contribution in [2.45, 2.75) is 45.3 Å². The first kappa shape index (κ1) is 14.9. The fourth-order valence-corrected chi connectivity index (χ4v) is 2.51. The van der Waals surface area contributed by atoms with Crippen molar-refractivity contribution in [1.82, 2.24) is 4.98 Å². The van der Waals surface area contributed by atoms with Gasteiger partial charge in [-0.1, -0.05) is 37.6 Å². The Morgan fingerprint density at radius 2 is 1.95 bits per heavy atom. The van der Waals surface area contributed by atoms with Crippen LogP contribution in [0.3, 0.4) is 0 Å². The number of fused-ring (bicyclic) bond motifs is 1. The van der Waals surface area contributed by atoms with Crippen LogP contribution >= 0.6 is 0 Å². The molecule has 0 bridgehead atoms. The van der Waals surface area contributed by atoms with Crippen LogP contribution in [0.2, 0.25) is 0 Å². The van der Waals surface area contributed by atoms with E-state index in [0.29, 0.717) is 6.61 Å². The van der Waals surface area contributed by atoms with Crippen LogP contribution < -0.4 is 5.73 Å². The van der Waals surface area contributed by atoms with Gasteiger partial charge in [0, 0.05) is 30.1 Å². The van der Waals surface area contributed by atoms with Gasteiger partial charge in [0.25, 0.3) is 0 Å². The van der Waals surface area contributed by atoms with E-state index in [0.717, 1.165) is 30.5 Å². The van der Waals surface area contributed by atoms with Crippen molar-refractivity contribution in [3.8, 4) is 0 Å². The molecular weight excluding hydrogens is 248 g/mol. The van der Waals surface area contributed by atoms with Crippen molar-refractivity contribution in [3.05, 3.63) is 42.1 Å². The Morgan fingerprint density at radius 1 is 1.15 bits per heavy atom. The summed E-state index contributed by atoms with van der Waals surface area (Å²) in [6.07, 6.45) is 2.97. The molecule has 108 valence electrons. The first-order chi connectivity index (χ1) is 9.74. The molecule has 2 N–H and O–H groups in total. The highest BCUT2D eigenvalue weighted by Gasteiger charge is 2.18. The lowest BCUT2D eigenvalue weighted by Crippen LogP contribution is -2.38. The standard InChI is InChI=1S/C17H24N2O/c1-3-7-17(20-4-2)15(18)12-14-11-10-13-8-5-6-9-16(13)19-14/h5-6,8-11,15,17H,3-4,7,12,18H2,1-2H3. The molecule has 0 fully saturated rings. The van der Waals surface area contributed by atoms with E-state index in [2.05, 4.69) is 30.1 Å². The highest BCUT2D eigenvalue weighted by Crippen LogP contribution is 2.15. The summed E-state index contributed by atoms with van der Waals surface area (Å²) in [7, 11) is 0. The van der Waals surface area contributed by atoms with Crippen LogP contribution in [-0.4, -0.2) is 23.7 Å². The van der Waals surface area contributed by atoms with Crippen LogP contribution in [0.4, 0.5) is 0 Å². The third-order valence-electron chi connectivity index (χ3n) is 3.53. The van der Waals surface area contributed by atoms with Crippen LogP contribution in [0.5, 0.6) is 0 Å². The van der Waals surface area contributed by atoms with E-state index >= 15 is 0 Å². The Labute approximate surface area is 121 Å². The maximum absolute atomic E-state index is 6.30. The molecule has 1 heterocycles. The largest absolute Gasteiger partial charge is 0.377 e. The molecule has 20 heavy (non-hydrogen) atoms. The number of ether oxygens (including phenoxy) is 1. The summed E-state index contributed by atoms with van der Waals surface area (Å²) in [5.41, 5.74) is 8.37. The van der Waals surface area contributed by atoms with E-state index < -0.39 is 0 Å². The van der Waals surface area contributed by atoms with E-state index in [-0.39, 0.29) is 12.1 Å². The van der Waals surface area contributed by atoms with Crippen molar-refractivity contribution in [3.63, 3.8) is 0 Å². The van der Waals surface area contributed by atoms with Crippen molar-refractivity contribution >= 4 is 10.9 Å². The number of benzene rings is 1. The maximum Gasteiger partial charge on any atom is 0.0729 e. The van der Waals surface area contributed by atoms with Crippen molar-refractivity contribution < 1.29 is 4.74 Å². The summed E-state index contributed by atoms with van der Waals surface area (Å²) < 4.78 is 5.75. The summed E-state index contributed by atoms with van der Waals surface area (Å²) >= 11 is 0. The van der Waals surface area contributed by atoms with Gasteiger partial charge in [-0.15, -0.1) is 0 Å². The Morgan fingerprint density at radius 3 is 2.70 bits per heavy atom.